The van der Waals surface area contributed by atoms with Gasteiger partial charge in [-0.1, -0.05) is 30.3 Å². The molecule has 0 fully saturated rings. The highest BCUT2D eigenvalue weighted by Crippen LogP contribution is 2.23. The van der Waals surface area contributed by atoms with Crippen molar-refractivity contribution in [3.05, 3.63) is 84.2 Å². The summed E-state index contributed by atoms with van der Waals surface area (Å²) in [6.45, 7) is 0.839. The van der Waals surface area contributed by atoms with Gasteiger partial charge in [-0.15, -0.1) is 0 Å². The van der Waals surface area contributed by atoms with Crippen LogP contribution in [0.1, 0.15) is 17.3 Å². The number of ether oxygens (including phenoxy) is 2. The Labute approximate surface area is 172 Å². The van der Waals surface area contributed by atoms with Gasteiger partial charge < -0.3 is 14.8 Å². The van der Waals surface area contributed by atoms with Crippen molar-refractivity contribution in [2.45, 2.75) is 6.92 Å². The highest BCUT2D eigenvalue weighted by molar-refractivity contribution is 5.95. The van der Waals surface area contributed by atoms with Crippen LogP contribution in [0.4, 0.5) is 10.1 Å². The molecule has 0 aliphatic heterocycles. The Morgan fingerprint density at radius 1 is 0.900 bits per heavy atom. The molecule has 7 heteroatoms. The molecule has 0 bridgehead atoms. The molecular formula is C23H18FNO5. The Balaban J connectivity index is 1.55. The number of rotatable bonds is 6. The summed E-state index contributed by atoms with van der Waals surface area (Å²) in [5.74, 6) is -1.65. The smallest absolute Gasteiger partial charge is 0.338 e. The number of hydrogen-bond acceptors (Lipinski definition) is 5. The third-order valence-corrected chi connectivity index (χ3v) is 4.01. The maximum absolute atomic E-state index is 13.1. The van der Waals surface area contributed by atoms with Gasteiger partial charge in [0.15, 0.2) is 6.61 Å². The first-order valence-corrected chi connectivity index (χ1v) is 9.02. The molecule has 3 rings (SSSR count). The lowest BCUT2D eigenvalue weighted by Crippen LogP contribution is -2.20. The van der Waals surface area contributed by atoms with Crippen molar-refractivity contribution in [3.63, 3.8) is 0 Å². The number of nitrogens with one attached hydrogen (secondary N) is 1. The van der Waals surface area contributed by atoms with E-state index in [9.17, 15) is 18.8 Å². The van der Waals surface area contributed by atoms with E-state index in [1.807, 2.05) is 0 Å². The molecule has 3 aromatic rings. The monoisotopic (exact) mass is 407 g/mol. The molecule has 0 aliphatic rings. The number of esters is 2. The summed E-state index contributed by atoms with van der Waals surface area (Å²) in [6, 6.07) is 19.0. The topological polar surface area (TPSA) is 81.7 Å². The predicted molar refractivity (Wildman–Crippen MR) is 108 cm³/mol. The first-order valence-electron chi connectivity index (χ1n) is 9.02. The number of carbonyl (C=O) groups excluding carboxylic acids is 3. The number of carbonyl (C=O) groups is 3. The molecule has 152 valence electrons. The van der Waals surface area contributed by atoms with E-state index in [1.165, 1.54) is 25.1 Å². The van der Waals surface area contributed by atoms with Gasteiger partial charge in [-0.05, 0) is 53.6 Å². The van der Waals surface area contributed by atoms with Gasteiger partial charge in [0.1, 0.15) is 11.6 Å². The average Bonchev–Trinajstić information content (AvgIpc) is 2.72. The number of benzene rings is 3. The molecule has 6 nitrogen and oxygen atoms in total. The molecule has 30 heavy (non-hydrogen) atoms. The maximum Gasteiger partial charge on any atom is 0.338 e. The van der Waals surface area contributed by atoms with E-state index in [1.54, 1.807) is 48.5 Å². The third-order valence-electron chi connectivity index (χ3n) is 4.01. The standard InChI is InChI=1S/C23H18FNO5/c1-15(26)30-21-11-9-17(10-12-21)16-5-7-18(8-6-16)23(28)29-14-22(27)25-20-4-2-3-19(24)13-20/h2-13H,14H2,1H3,(H,25,27). The van der Waals surface area contributed by atoms with Crippen LogP contribution < -0.4 is 10.1 Å². The minimum absolute atomic E-state index is 0.278. The maximum atomic E-state index is 13.1. The van der Waals surface area contributed by atoms with Gasteiger partial charge in [-0.25, -0.2) is 9.18 Å². The van der Waals surface area contributed by atoms with Gasteiger partial charge in [-0.2, -0.15) is 0 Å². The molecule has 0 aromatic heterocycles. The molecule has 0 heterocycles. The highest BCUT2D eigenvalue weighted by Gasteiger charge is 2.11. The molecule has 0 atom stereocenters. The van der Waals surface area contributed by atoms with Crippen LogP contribution in [-0.4, -0.2) is 24.5 Å². The van der Waals surface area contributed by atoms with Crippen LogP contribution in [-0.2, 0) is 14.3 Å². The summed E-state index contributed by atoms with van der Waals surface area (Å²) in [5, 5.41) is 2.45. The fourth-order valence-electron chi connectivity index (χ4n) is 2.66. The molecule has 0 aliphatic carbocycles. The van der Waals surface area contributed by atoms with Crippen molar-refractivity contribution in [1.82, 2.24) is 0 Å². The van der Waals surface area contributed by atoms with Crippen molar-refractivity contribution >= 4 is 23.5 Å². The van der Waals surface area contributed by atoms with Crippen molar-refractivity contribution in [3.8, 4) is 16.9 Å². The molecule has 0 saturated carbocycles. The van der Waals surface area contributed by atoms with Gasteiger partial charge in [0, 0.05) is 12.6 Å². The summed E-state index contributed by atoms with van der Waals surface area (Å²) < 4.78 is 23.1. The average molecular weight is 407 g/mol. The van der Waals surface area contributed by atoms with Crippen LogP contribution in [0.15, 0.2) is 72.8 Å². The molecule has 0 radical (unpaired) electrons. The Kier molecular flexibility index (Phi) is 6.54. The van der Waals surface area contributed by atoms with Gasteiger partial charge in [0.2, 0.25) is 0 Å². The number of amides is 1. The first kappa shape index (κ1) is 20.7. The second-order valence-electron chi connectivity index (χ2n) is 6.33. The number of anilines is 1. The van der Waals surface area contributed by atoms with Crippen LogP contribution in [0.2, 0.25) is 0 Å². The molecule has 1 amide bonds. The van der Waals surface area contributed by atoms with Crippen LogP contribution in [0, 0.1) is 5.82 Å². The van der Waals surface area contributed by atoms with Crippen molar-refractivity contribution in [1.29, 1.82) is 0 Å². The molecular weight excluding hydrogens is 389 g/mol. The fraction of sp³-hybridized carbons (Fsp3) is 0.0870. The van der Waals surface area contributed by atoms with Crippen molar-refractivity contribution < 1.29 is 28.2 Å². The minimum atomic E-state index is -0.652. The lowest BCUT2D eigenvalue weighted by molar-refractivity contribution is -0.131. The lowest BCUT2D eigenvalue weighted by atomic mass is 10.0. The quantitative estimate of drug-likeness (QED) is 0.489. The van der Waals surface area contributed by atoms with Gasteiger partial charge in [0.25, 0.3) is 5.91 Å². The number of hydrogen-bond donors (Lipinski definition) is 1. The van der Waals surface area contributed by atoms with E-state index in [0.29, 0.717) is 5.75 Å². The minimum Gasteiger partial charge on any atom is -0.452 e. The first-order chi connectivity index (χ1) is 14.4. The Morgan fingerprint density at radius 3 is 2.13 bits per heavy atom. The molecule has 0 unspecified atom stereocenters. The van der Waals surface area contributed by atoms with Crippen LogP contribution in [0.25, 0.3) is 11.1 Å². The Hall–Kier alpha value is -4.00. The third kappa shape index (κ3) is 5.75. The van der Waals surface area contributed by atoms with Crippen LogP contribution >= 0.6 is 0 Å². The molecule has 0 saturated heterocycles. The van der Waals surface area contributed by atoms with E-state index >= 15 is 0 Å². The van der Waals surface area contributed by atoms with Crippen molar-refractivity contribution in [2.75, 3.05) is 11.9 Å². The van der Waals surface area contributed by atoms with Gasteiger partial charge in [0.05, 0.1) is 5.56 Å². The van der Waals surface area contributed by atoms with E-state index in [0.717, 1.165) is 17.2 Å². The fourth-order valence-corrected chi connectivity index (χ4v) is 2.66. The normalized spacial score (nSPS) is 10.2. The predicted octanol–water partition coefficient (Wildman–Crippen LogP) is 4.21. The molecule has 0 spiro atoms. The highest BCUT2D eigenvalue weighted by atomic mass is 19.1. The lowest BCUT2D eigenvalue weighted by Gasteiger charge is -2.08. The molecule has 1 N–H and O–H groups in total. The Morgan fingerprint density at radius 2 is 1.53 bits per heavy atom. The van der Waals surface area contributed by atoms with E-state index in [-0.39, 0.29) is 11.3 Å². The SMILES string of the molecule is CC(=O)Oc1ccc(-c2ccc(C(=O)OCC(=O)Nc3cccc(F)c3)cc2)cc1. The zero-order valence-corrected chi connectivity index (χ0v) is 16.1. The van der Waals surface area contributed by atoms with E-state index in [4.69, 9.17) is 9.47 Å². The van der Waals surface area contributed by atoms with Gasteiger partial charge in [-0.3, -0.25) is 9.59 Å². The van der Waals surface area contributed by atoms with Crippen LogP contribution in [0.5, 0.6) is 5.75 Å². The summed E-state index contributed by atoms with van der Waals surface area (Å²) in [4.78, 5) is 35.0. The summed E-state index contributed by atoms with van der Waals surface area (Å²) in [6.07, 6.45) is 0. The number of halogens is 1. The Bertz CT molecular complexity index is 1060. The van der Waals surface area contributed by atoms with Crippen molar-refractivity contribution in [2.24, 2.45) is 0 Å². The second-order valence-corrected chi connectivity index (χ2v) is 6.33. The summed E-state index contributed by atoms with van der Waals surface area (Å²) in [7, 11) is 0. The van der Waals surface area contributed by atoms with E-state index < -0.39 is 30.3 Å². The summed E-state index contributed by atoms with van der Waals surface area (Å²) >= 11 is 0. The van der Waals surface area contributed by atoms with E-state index in [2.05, 4.69) is 5.32 Å². The van der Waals surface area contributed by atoms with Gasteiger partial charge >= 0.3 is 11.9 Å². The largest absolute Gasteiger partial charge is 0.452 e. The summed E-state index contributed by atoms with van der Waals surface area (Å²) in [5.41, 5.74) is 2.29. The zero-order chi connectivity index (χ0) is 21.5. The molecule has 3 aromatic carbocycles. The zero-order valence-electron chi connectivity index (χ0n) is 16.1. The van der Waals surface area contributed by atoms with Crippen LogP contribution in [0.3, 0.4) is 0 Å². The second kappa shape index (κ2) is 9.47.